The Morgan fingerprint density at radius 1 is 0.182 bits per heavy atom. The molecule has 0 atom stereocenters. The molecule has 18 rings (SSSR count). The normalized spacial score (nSPS) is 13.0. The molecule has 0 aliphatic rings. The summed E-state index contributed by atoms with van der Waals surface area (Å²) in [4.78, 5) is 2.19. The summed E-state index contributed by atoms with van der Waals surface area (Å²) in [5, 5.41) is 21.2. The molecular formula is C125H149N7. The minimum atomic E-state index is -0.153. The third kappa shape index (κ3) is 19.7. The van der Waals surface area contributed by atoms with Crippen LogP contribution < -0.4 is 0 Å². The lowest BCUT2D eigenvalue weighted by molar-refractivity contribution is 0.219. The van der Waals surface area contributed by atoms with Crippen molar-refractivity contribution < 1.29 is 0 Å². The van der Waals surface area contributed by atoms with Gasteiger partial charge in [-0.25, -0.2) is 0 Å². The molecule has 0 unspecified atom stereocenters. The Labute approximate surface area is 790 Å². The van der Waals surface area contributed by atoms with Gasteiger partial charge in [-0.1, -0.05) is 308 Å². The average Bonchev–Trinajstić information content (AvgIpc) is 1.57. The van der Waals surface area contributed by atoms with Crippen molar-refractivity contribution >= 4 is 109 Å². The van der Waals surface area contributed by atoms with E-state index in [-0.39, 0.29) is 54.1 Å². The van der Waals surface area contributed by atoms with Crippen LogP contribution >= 0.6 is 0 Å². The number of nitriles is 1. The Hall–Kier alpha value is -11.7. The summed E-state index contributed by atoms with van der Waals surface area (Å²) in [6.45, 7) is 74.4. The number of hydrogen-bond donors (Lipinski definition) is 0. The molecule has 7 nitrogen and oxygen atoms in total. The number of benzene rings is 13. The lowest BCUT2D eigenvalue weighted by Gasteiger charge is -2.27. The van der Waals surface area contributed by atoms with E-state index in [4.69, 9.17) is 5.26 Å². The second kappa shape index (κ2) is 34.7. The van der Waals surface area contributed by atoms with Gasteiger partial charge in [0.05, 0.1) is 61.2 Å². The third-order valence-corrected chi connectivity index (χ3v) is 26.9. The molecule has 0 saturated heterocycles. The summed E-state index contributed by atoms with van der Waals surface area (Å²) < 4.78 is 12.3. The van der Waals surface area contributed by atoms with Gasteiger partial charge < -0.3 is 27.7 Å². The zero-order valence-corrected chi connectivity index (χ0v) is 86.5. The quantitative estimate of drug-likeness (QED) is 0.172. The Morgan fingerprint density at radius 2 is 0.341 bits per heavy atom. The first-order valence-corrected chi connectivity index (χ1v) is 48.0. The van der Waals surface area contributed by atoms with E-state index < -0.39 is 0 Å². The zero-order valence-electron chi connectivity index (χ0n) is 86.5. The molecule has 0 aliphatic heterocycles. The first kappa shape index (κ1) is 96.4. The van der Waals surface area contributed by atoms with Gasteiger partial charge in [0.15, 0.2) is 0 Å². The largest absolute Gasteiger partial charge is 0.309 e. The molecule has 5 heterocycles. The van der Waals surface area contributed by atoms with Crippen LogP contribution in [-0.4, -0.2) is 47.4 Å². The number of nitrogens with zero attached hydrogens (tertiary/aromatic N) is 7. The molecule has 18 aromatic rings. The number of hydrogen-bond acceptors (Lipinski definition) is 2. The van der Waals surface area contributed by atoms with E-state index in [1.807, 2.05) is 20.8 Å². The van der Waals surface area contributed by atoms with Gasteiger partial charge in [-0.15, -0.1) is 0 Å². The van der Waals surface area contributed by atoms with E-state index >= 15 is 0 Å². The summed E-state index contributed by atoms with van der Waals surface area (Å²) >= 11 is 0. The Kier molecular flexibility index (Phi) is 25.3. The molecule has 0 fully saturated rings. The lowest BCUT2D eigenvalue weighted by atomic mass is 9.85. The second-order valence-electron chi connectivity index (χ2n) is 48.8. The number of rotatable bonds is 5. The standard InChI is InChI=1S/C50H60N2.C34H28N2.C30H37N.C6H15N.C5H9N/c1-46(2,3)31-16-20-42-38(26-31)39-27-32(47(4,5)6)17-21-43(39)51(42)36-24-35(50(13,14)15)25-37(30-36)52-44-22-18-33(48(7,8)9)28-40(44)41-29-34(49(10,11)12)19-23-45(41)52;1-34(2,3)23-20-24(35-30-16-8-4-12-26(30)27-13-5-9-17-31(27)35)22-25(21-23)36-32-18-10-6-14-28(32)29-15-7-11-19-33(29)36;1-28(2,3)20-10-14-23(15-11-20)31-26-16-12-21(29(4,5)6)18-24(26)25-19-22(30(7,8)9)13-17-27(25)31;1-6(2,3)7(4)5;1-5(2,3)4-6/h16-30H,1-15H3;4-22H,1-3H3;10-19H,1-9H3;1-5H3;1-3H3. The average molecular weight is 1750 g/mol. The van der Waals surface area contributed by atoms with Crippen LogP contribution in [0.4, 0.5) is 0 Å². The zero-order chi connectivity index (χ0) is 96.4. The van der Waals surface area contributed by atoms with Gasteiger partial charge in [-0.3, -0.25) is 0 Å². The van der Waals surface area contributed by atoms with Gasteiger partial charge in [0.2, 0.25) is 0 Å². The second-order valence-corrected chi connectivity index (χ2v) is 48.8. The van der Waals surface area contributed by atoms with Crippen LogP contribution in [0.25, 0.3) is 137 Å². The molecule has 0 spiro atoms. The predicted octanol–water partition coefficient (Wildman–Crippen LogP) is 35.1. The molecule has 0 saturated carbocycles. The van der Waals surface area contributed by atoms with E-state index in [9.17, 15) is 0 Å². The monoisotopic (exact) mass is 1750 g/mol. The van der Waals surface area contributed by atoms with E-state index in [1.165, 1.54) is 188 Å². The number of para-hydroxylation sites is 4. The summed E-state index contributed by atoms with van der Waals surface area (Å²) in [6, 6.07) is 103. The van der Waals surface area contributed by atoms with E-state index in [1.54, 1.807) is 0 Å². The molecular weight excluding hydrogens is 1600 g/mol. The molecule has 5 aromatic heterocycles. The highest BCUT2D eigenvalue weighted by Gasteiger charge is 2.30. The Balaban J connectivity index is 0.000000153. The number of aromatic nitrogens is 5. The number of fused-ring (bicyclic) bond motifs is 15. The Bertz CT molecular complexity index is 6780. The summed E-state index contributed by atoms with van der Waals surface area (Å²) in [7, 11) is 4.17. The van der Waals surface area contributed by atoms with Crippen LogP contribution in [0.1, 0.15) is 279 Å². The van der Waals surface area contributed by atoms with Crippen LogP contribution in [0.5, 0.6) is 0 Å². The van der Waals surface area contributed by atoms with Crippen molar-refractivity contribution in [2.45, 2.75) is 283 Å². The first-order valence-electron chi connectivity index (χ1n) is 48.0. The molecule has 0 radical (unpaired) electrons. The predicted molar refractivity (Wildman–Crippen MR) is 578 cm³/mol. The third-order valence-electron chi connectivity index (χ3n) is 26.9. The van der Waals surface area contributed by atoms with Crippen LogP contribution in [0, 0.1) is 16.7 Å². The molecule has 0 bridgehead atoms. The van der Waals surface area contributed by atoms with Crippen LogP contribution in [-0.2, 0) is 48.7 Å². The lowest BCUT2D eigenvalue weighted by Crippen LogP contribution is -2.34. The van der Waals surface area contributed by atoms with E-state index in [0.717, 1.165) is 0 Å². The molecule has 7 heteroatoms. The first-order chi connectivity index (χ1) is 61.2. The highest BCUT2D eigenvalue weighted by Crippen LogP contribution is 2.46. The van der Waals surface area contributed by atoms with Crippen molar-refractivity contribution in [3.05, 3.63) is 317 Å². The summed E-state index contributed by atoms with van der Waals surface area (Å²) in [5.41, 5.74) is 31.4. The van der Waals surface area contributed by atoms with Crippen LogP contribution in [0.15, 0.2) is 267 Å². The maximum Gasteiger partial charge on any atom is 0.0680 e. The van der Waals surface area contributed by atoms with Gasteiger partial charge in [-0.05, 0) is 300 Å². The fraction of sp³-hybridized carbons (Fsp3) is 0.368. The van der Waals surface area contributed by atoms with Gasteiger partial charge >= 0.3 is 0 Å². The summed E-state index contributed by atoms with van der Waals surface area (Å²) in [6.07, 6.45) is 0. The molecule has 0 N–H and O–H groups in total. The molecule has 684 valence electrons. The van der Waals surface area contributed by atoms with Gasteiger partial charge in [-0.2, -0.15) is 5.26 Å². The van der Waals surface area contributed by atoms with Crippen molar-refractivity contribution in [3.63, 3.8) is 0 Å². The van der Waals surface area contributed by atoms with Crippen molar-refractivity contribution in [1.29, 1.82) is 5.26 Å². The van der Waals surface area contributed by atoms with Crippen molar-refractivity contribution in [1.82, 2.24) is 27.7 Å². The van der Waals surface area contributed by atoms with E-state index in [2.05, 4.69) is 523 Å². The SMILES string of the molecule is CC(C)(C)C#N.CC(C)(C)c1cc(-n2c3ccc(C(C)(C)C)cc3c3cc(C(C)(C)C)ccc32)cc(-n2c3ccc(C(C)(C)C)cc3c3cc(C(C)(C)C)ccc32)c1.CC(C)(C)c1cc(-n2c3ccccc3c3ccccc32)cc(-n2c3ccccc3c3ccccc32)c1.CC(C)(C)c1ccc(-n2c3ccc(C(C)(C)C)cc3c3cc(C(C)(C)C)ccc32)cc1.CN(C)C(C)(C)C. The minimum Gasteiger partial charge on any atom is -0.309 e. The van der Waals surface area contributed by atoms with Crippen LogP contribution in [0.3, 0.4) is 0 Å². The fourth-order valence-electron chi connectivity index (χ4n) is 17.8. The smallest absolute Gasteiger partial charge is 0.0680 e. The van der Waals surface area contributed by atoms with Crippen molar-refractivity contribution in [2.24, 2.45) is 5.41 Å². The highest BCUT2D eigenvalue weighted by atomic mass is 15.1. The van der Waals surface area contributed by atoms with Gasteiger partial charge in [0, 0.05) is 93.3 Å². The molecule has 0 amide bonds. The molecule has 132 heavy (non-hydrogen) atoms. The maximum atomic E-state index is 8.15. The van der Waals surface area contributed by atoms with Gasteiger partial charge in [0.1, 0.15) is 0 Å². The fourth-order valence-corrected chi connectivity index (χ4v) is 17.8. The van der Waals surface area contributed by atoms with Crippen LogP contribution in [0.2, 0.25) is 0 Å². The minimum absolute atomic E-state index is 0.00226. The highest BCUT2D eigenvalue weighted by molar-refractivity contribution is 6.14. The van der Waals surface area contributed by atoms with E-state index in [0.29, 0.717) is 5.54 Å². The van der Waals surface area contributed by atoms with Crippen molar-refractivity contribution in [3.8, 4) is 34.5 Å². The molecule has 13 aromatic carbocycles. The topological polar surface area (TPSA) is 51.7 Å². The maximum absolute atomic E-state index is 8.15. The summed E-state index contributed by atoms with van der Waals surface area (Å²) in [5.74, 6) is 0. The molecule has 0 aliphatic carbocycles. The van der Waals surface area contributed by atoms with Crippen molar-refractivity contribution in [2.75, 3.05) is 14.1 Å². The Morgan fingerprint density at radius 3 is 0.508 bits per heavy atom. The van der Waals surface area contributed by atoms with Gasteiger partial charge in [0.25, 0.3) is 0 Å².